The van der Waals surface area contributed by atoms with Crippen molar-refractivity contribution in [2.45, 2.75) is 18.9 Å². The van der Waals surface area contributed by atoms with Crippen molar-refractivity contribution in [2.75, 3.05) is 11.5 Å². The highest BCUT2D eigenvalue weighted by Gasteiger charge is 2.16. The van der Waals surface area contributed by atoms with Crippen molar-refractivity contribution >= 4 is 33.6 Å². The number of hydrogen-bond acceptors (Lipinski definition) is 2. The fourth-order valence-corrected chi connectivity index (χ4v) is 3.08. The van der Waals surface area contributed by atoms with Crippen LogP contribution in [-0.2, 0) is 0 Å². The van der Waals surface area contributed by atoms with Crippen molar-refractivity contribution in [2.24, 2.45) is 0 Å². The van der Waals surface area contributed by atoms with Crippen molar-refractivity contribution in [1.82, 2.24) is 5.32 Å². The summed E-state index contributed by atoms with van der Waals surface area (Å²) in [5.41, 5.74) is 0.737. The van der Waals surface area contributed by atoms with E-state index in [1.165, 1.54) is 0 Å². The first kappa shape index (κ1) is 12.0. The molecule has 1 aromatic rings. The van der Waals surface area contributed by atoms with E-state index in [4.69, 9.17) is 0 Å². The number of halogens is 1. The van der Waals surface area contributed by atoms with Crippen LogP contribution in [0.3, 0.4) is 0 Å². The Labute approximate surface area is 108 Å². The monoisotopic (exact) mass is 299 g/mol. The van der Waals surface area contributed by atoms with Crippen molar-refractivity contribution in [3.8, 4) is 0 Å². The van der Waals surface area contributed by atoms with Gasteiger partial charge in [-0.2, -0.15) is 11.8 Å². The van der Waals surface area contributed by atoms with Gasteiger partial charge >= 0.3 is 0 Å². The van der Waals surface area contributed by atoms with Gasteiger partial charge in [0.25, 0.3) is 5.91 Å². The van der Waals surface area contributed by atoms with Gasteiger partial charge in [0.05, 0.1) is 0 Å². The van der Waals surface area contributed by atoms with Gasteiger partial charge in [0.15, 0.2) is 0 Å². The lowest BCUT2D eigenvalue weighted by atomic mass is 10.1. The summed E-state index contributed by atoms with van der Waals surface area (Å²) in [6.07, 6.45) is 2.18. The number of carbonyl (C=O) groups excluding carboxylic acids is 1. The Bertz CT molecular complexity index is 360. The third-order valence-corrected chi connectivity index (χ3v) is 4.24. The molecule has 1 N–H and O–H groups in total. The maximum atomic E-state index is 11.9. The predicted octanol–water partition coefficient (Wildman–Crippen LogP) is 3.07. The summed E-state index contributed by atoms with van der Waals surface area (Å²) in [7, 11) is 0. The first-order valence-corrected chi connectivity index (χ1v) is 7.34. The molecule has 86 valence electrons. The van der Waals surface area contributed by atoms with E-state index in [1.54, 1.807) is 0 Å². The molecule has 1 aliphatic heterocycles. The average Bonchev–Trinajstić information content (AvgIpc) is 2.31. The highest BCUT2D eigenvalue weighted by Crippen LogP contribution is 2.17. The van der Waals surface area contributed by atoms with E-state index in [0.717, 1.165) is 34.4 Å². The van der Waals surface area contributed by atoms with E-state index in [-0.39, 0.29) is 5.91 Å². The summed E-state index contributed by atoms with van der Waals surface area (Å²) in [4.78, 5) is 11.9. The predicted molar refractivity (Wildman–Crippen MR) is 72.0 cm³/mol. The van der Waals surface area contributed by atoms with Crippen molar-refractivity contribution in [3.63, 3.8) is 0 Å². The third-order valence-electron chi connectivity index (χ3n) is 2.66. The summed E-state index contributed by atoms with van der Waals surface area (Å²) in [5, 5.41) is 3.09. The van der Waals surface area contributed by atoms with Crippen LogP contribution in [0.5, 0.6) is 0 Å². The van der Waals surface area contributed by atoms with Crippen LogP contribution in [0.4, 0.5) is 0 Å². The third kappa shape index (κ3) is 3.25. The normalized spacial score (nSPS) is 17.1. The van der Waals surface area contributed by atoms with E-state index in [9.17, 15) is 4.79 Å². The first-order valence-electron chi connectivity index (χ1n) is 5.40. The number of nitrogens with one attached hydrogen (secondary N) is 1. The lowest BCUT2D eigenvalue weighted by Gasteiger charge is -2.22. The van der Waals surface area contributed by atoms with Crippen LogP contribution in [0, 0.1) is 0 Å². The molecular formula is C12H14BrNOS. The molecule has 0 aliphatic carbocycles. The van der Waals surface area contributed by atoms with Gasteiger partial charge in [0, 0.05) is 16.1 Å². The molecular weight excluding hydrogens is 286 g/mol. The zero-order valence-electron chi connectivity index (χ0n) is 8.91. The first-order chi connectivity index (χ1) is 7.75. The molecule has 0 radical (unpaired) electrons. The minimum atomic E-state index is 0.0457. The molecule has 1 amide bonds. The topological polar surface area (TPSA) is 29.1 Å². The molecule has 0 spiro atoms. The summed E-state index contributed by atoms with van der Waals surface area (Å²) in [5.74, 6) is 2.36. The molecule has 1 fully saturated rings. The maximum Gasteiger partial charge on any atom is 0.251 e. The second kappa shape index (κ2) is 5.73. The molecule has 0 atom stereocenters. The Hall–Kier alpha value is -0.480. The highest BCUT2D eigenvalue weighted by atomic mass is 79.9. The zero-order valence-corrected chi connectivity index (χ0v) is 11.3. The molecule has 4 heteroatoms. The standard InChI is InChI=1S/C12H14BrNOS/c13-10-3-1-9(2-4-10)12(15)14-11-5-7-16-8-6-11/h1-4,11H,5-8H2,(H,14,15). The summed E-state index contributed by atoms with van der Waals surface area (Å²) in [6, 6.07) is 7.84. The number of thioether (sulfide) groups is 1. The van der Waals surface area contributed by atoms with E-state index >= 15 is 0 Å². The minimum absolute atomic E-state index is 0.0457. The average molecular weight is 300 g/mol. The molecule has 1 heterocycles. The second-order valence-electron chi connectivity index (χ2n) is 3.87. The number of benzene rings is 1. The van der Waals surface area contributed by atoms with Gasteiger partial charge in [0.1, 0.15) is 0 Å². The molecule has 16 heavy (non-hydrogen) atoms. The smallest absolute Gasteiger partial charge is 0.251 e. The Morgan fingerprint density at radius 3 is 2.50 bits per heavy atom. The lowest BCUT2D eigenvalue weighted by Crippen LogP contribution is -2.37. The quantitative estimate of drug-likeness (QED) is 0.909. The van der Waals surface area contributed by atoms with Gasteiger partial charge in [-0.3, -0.25) is 4.79 Å². The molecule has 0 bridgehead atoms. The molecule has 0 saturated carbocycles. The number of hydrogen-bond donors (Lipinski definition) is 1. The van der Waals surface area contributed by atoms with E-state index in [1.807, 2.05) is 36.0 Å². The number of amides is 1. The molecule has 1 aliphatic rings. The Balaban J connectivity index is 1.94. The summed E-state index contributed by atoms with van der Waals surface area (Å²) >= 11 is 5.32. The molecule has 0 aromatic heterocycles. The minimum Gasteiger partial charge on any atom is -0.349 e. The fraction of sp³-hybridized carbons (Fsp3) is 0.417. The summed E-state index contributed by atoms with van der Waals surface area (Å²) in [6.45, 7) is 0. The van der Waals surface area contributed by atoms with Crippen molar-refractivity contribution < 1.29 is 4.79 Å². The SMILES string of the molecule is O=C(NC1CCSCC1)c1ccc(Br)cc1. The van der Waals surface area contributed by atoms with Gasteiger partial charge in [-0.25, -0.2) is 0 Å². The van der Waals surface area contributed by atoms with E-state index in [0.29, 0.717) is 6.04 Å². The van der Waals surface area contributed by atoms with Gasteiger partial charge < -0.3 is 5.32 Å². The van der Waals surface area contributed by atoms with Gasteiger partial charge in [0.2, 0.25) is 0 Å². The van der Waals surface area contributed by atoms with Crippen LogP contribution in [0.25, 0.3) is 0 Å². The molecule has 2 rings (SSSR count). The van der Waals surface area contributed by atoms with Gasteiger partial charge in [-0.1, -0.05) is 15.9 Å². The van der Waals surface area contributed by atoms with Gasteiger partial charge in [-0.15, -0.1) is 0 Å². The fourth-order valence-electron chi connectivity index (χ4n) is 1.71. The van der Waals surface area contributed by atoms with Crippen LogP contribution >= 0.6 is 27.7 Å². The maximum absolute atomic E-state index is 11.9. The molecule has 2 nitrogen and oxygen atoms in total. The summed E-state index contributed by atoms with van der Waals surface area (Å²) < 4.78 is 0.998. The van der Waals surface area contributed by atoms with Crippen LogP contribution in [0.15, 0.2) is 28.7 Å². The molecule has 1 aromatic carbocycles. The van der Waals surface area contributed by atoms with Crippen LogP contribution in [0.2, 0.25) is 0 Å². The van der Waals surface area contributed by atoms with Crippen molar-refractivity contribution in [1.29, 1.82) is 0 Å². The lowest BCUT2D eigenvalue weighted by molar-refractivity contribution is 0.0935. The van der Waals surface area contributed by atoms with Crippen LogP contribution in [0.1, 0.15) is 23.2 Å². The van der Waals surface area contributed by atoms with Crippen molar-refractivity contribution in [3.05, 3.63) is 34.3 Å². The molecule has 1 saturated heterocycles. The van der Waals surface area contributed by atoms with Crippen LogP contribution in [-0.4, -0.2) is 23.5 Å². The Morgan fingerprint density at radius 2 is 1.88 bits per heavy atom. The van der Waals surface area contributed by atoms with Crippen LogP contribution < -0.4 is 5.32 Å². The highest BCUT2D eigenvalue weighted by molar-refractivity contribution is 9.10. The zero-order chi connectivity index (χ0) is 11.4. The number of rotatable bonds is 2. The van der Waals surface area contributed by atoms with E-state index in [2.05, 4.69) is 21.2 Å². The van der Waals surface area contributed by atoms with Gasteiger partial charge in [-0.05, 0) is 48.6 Å². The second-order valence-corrected chi connectivity index (χ2v) is 6.01. The molecule has 0 unspecified atom stereocenters. The Kier molecular flexibility index (Phi) is 4.29. The van der Waals surface area contributed by atoms with E-state index < -0.39 is 0 Å². The Morgan fingerprint density at radius 1 is 1.25 bits per heavy atom. The number of carbonyl (C=O) groups is 1. The largest absolute Gasteiger partial charge is 0.349 e.